The number of amides is 1. The van der Waals surface area contributed by atoms with Gasteiger partial charge in [0.15, 0.2) is 0 Å². The molecule has 1 aromatic heterocycles. The van der Waals surface area contributed by atoms with Crippen LogP contribution in [-0.4, -0.2) is 18.5 Å². The van der Waals surface area contributed by atoms with Gasteiger partial charge >= 0.3 is 0 Å². The van der Waals surface area contributed by atoms with E-state index in [0.29, 0.717) is 6.54 Å². The van der Waals surface area contributed by atoms with Gasteiger partial charge in [-0.15, -0.1) is 0 Å². The van der Waals surface area contributed by atoms with Crippen LogP contribution in [-0.2, 0) is 4.79 Å². The van der Waals surface area contributed by atoms with Gasteiger partial charge in [0, 0.05) is 6.54 Å². The highest BCUT2D eigenvalue weighted by atomic mass is 16.3. The summed E-state index contributed by atoms with van der Waals surface area (Å²) in [5.74, 6) is 0.975. The number of aryl methyl sites for hydroxylation is 1. The molecule has 0 aromatic carbocycles. The smallest absolute Gasteiger partial charge is 0.237 e. The molecule has 82 valence electrons. The fraction of sp³-hybridized carbons (Fsp3) is 0.545. The zero-order valence-corrected chi connectivity index (χ0v) is 9.04. The average Bonchev–Trinajstić information content (AvgIpc) is 2.66. The van der Waals surface area contributed by atoms with Gasteiger partial charge in [-0.25, -0.2) is 0 Å². The van der Waals surface area contributed by atoms with Crippen molar-refractivity contribution in [1.82, 2.24) is 10.6 Å². The number of rotatable bonds is 2. The third-order valence-electron chi connectivity index (χ3n) is 2.70. The molecule has 1 amide bonds. The van der Waals surface area contributed by atoms with Crippen LogP contribution in [0.5, 0.6) is 0 Å². The maximum Gasteiger partial charge on any atom is 0.237 e. The van der Waals surface area contributed by atoms with Crippen molar-refractivity contribution in [2.24, 2.45) is 0 Å². The Kier molecular flexibility index (Phi) is 2.77. The highest BCUT2D eigenvalue weighted by molar-refractivity contribution is 5.82. The van der Waals surface area contributed by atoms with E-state index in [0.717, 1.165) is 17.7 Å². The monoisotopic (exact) mass is 208 g/mol. The Morgan fingerprint density at radius 1 is 1.60 bits per heavy atom. The first-order chi connectivity index (χ1) is 7.20. The fourth-order valence-corrected chi connectivity index (χ4v) is 1.83. The lowest BCUT2D eigenvalue weighted by Crippen LogP contribution is -2.53. The zero-order valence-electron chi connectivity index (χ0n) is 9.04. The van der Waals surface area contributed by atoms with Crippen molar-refractivity contribution in [3.05, 3.63) is 23.7 Å². The summed E-state index contributed by atoms with van der Waals surface area (Å²) in [6.07, 6.45) is 2.52. The van der Waals surface area contributed by atoms with Crippen LogP contribution in [0.25, 0.3) is 0 Å². The first-order valence-corrected chi connectivity index (χ1v) is 5.29. The molecule has 0 spiro atoms. The molecule has 1 saturated heterocycles. The maximum atomic E-state index is 11.4. The minimum atomic E-state index is -0.103. The van der Waals surface area contributed by atoms with Crippen molar-refractivity contribution in [1.29, 1.82) is 0 Å². The number of piperazine rings is 1. The lowest BCUT2D eigenvalue weighted by Gasteiger charge is -2.29. The predicted octanol–water partition coefficient (Wildman–Crippen LogP) is 1.13. The number of hydrogen-bond donors (Lipinski definition) is 2. The van der Waals surface area contributed by atoms with Crippen molar-refractivity contribution in [3.8, 4) is 0 Å². The van der Waals surface area contributed by atoms with E-state index in [4.69, 9.17) is 4.42 Å². The van der Waals surface area contributed by atoms with Crippen LogP contribution in [0.1, 0.15) is 30.7 Å². The molecule has 1 fully saturated rings. The summed E-state index contributed by atoms with van der Waals surface area (Å²) in [7, 11) is 0. The third kappa shape index (κ3) is 2.04. The Morgan fingerprint density at radius 2 is 2.40 bits per heavy atom. The van der Waals surface area contributed by atoms with Gasteiger partial charge in [0.2, 0.25) is 5.91 Å². The lowest BCUT2D eigenvalue weighted by molar-refractivity contribution is -0.125. The molecule has 15 heavy (non-hydrogen) atoms. The first-order valence-electron chi connectivity index (χ1n) is 5.29. The zero-order chi connectivity index (χ0) is 10.8. The Labute approximate surface area is 89.0 Å². The molecule has 0 bridgehead atoms. The normalized spacial score (nSPS) is 26.4. The molecule has 1 aromatic rings. The minimum absolute atomic E-state index is 0.0806. The Morgan fingerprint density at radius 3 is 3.00 bits per heavy atom. The number of hydrogen-bond acceptors (Lipinski definition) is 3. The van der Waals surface area contributed by atoms with Crippen LogP contribution in [0, 0.1) is 6.92 Å². The second kappa shape index (κ2) is 4.06. The van der Waals surface area contributed by atoms with Gasteiger partial charge in [0.1, 0.15) is 5.76 Å². The van der Waals surface area contributed by atoms with Gasteiger partial charge in [0.25, 0.3) is 0 Å². The highest BCUT2D eigenvalue weighted by Crippen LogP contribution is 2.18. The van der Waals surface area contributed by atoms with E-state index < -0.39 is 0 Å². The van der Waals surface area contributed by atoms with E-state index in [1.165, 1.54) is 0 Å². The van der Waals surface area contributed by atoms with Crippen LogP contribution in [0.3, 0.4) is 0 Å². The van der Waals surface area contributed by atoms with Gasteiger partial charge in [0.05, 0.1) is 18.3 Å². The summed E-state index contributed by atoms with van der Waals surface area (Å²) in [4.78, 5) is 11.4. The minimum Gasteiger partial charge on any atom is -0.467 e. The average molecular weight is 208 g/mol. The van der Waals surface area contributed by atoms with Crippen molar-refractivity contribution in [2.75, 3.05) is 6.54 Å². The van der Waals surface area contributed by atoms with E-state index in [1.54, 1.807) is 6.26 Å². The summed E-state index contributed by atoms with van der Waals surface area (Å²) < 4.78 is 5.42. The third-order valence-corrected chi connectivity index (χ3v) is 2.70. The summed E-state index contributed by atoms with van der Waals surface area (Å²) >= 11 is 0. The van der Waals surface area contributed by atoms with E-state index >= 15 is 0 Å². The van der Waals surface area contributed by atoms with E-state index in [-0.39, 0.29) is 18.0 Å². The number of carbonyl (C=O) groups excluding carboxylic acids is 1. The van der Waals surface area contributed by atoms with Crippen LogP contribution in [0.2, 0.25) is 0 Å². The molecule has 1 aliphatic heterocycles. The van der Waals surface area contributed by atoms with Gasteiger partial charge in [-0.2, -0.15) is 0 Å². The van der Waals surface area contributed by atoms with Crippen molar-refractivity contribution in [2.45, 2.75) is 32.4 Å². The SMILES string of the molecule is CCC1NC(c2cc(C)co2)CNC1=O. The Balaban J connectivity index is 2.09. The fourth-order valence-electron chi connectivity index (χ4n) is 1.83. The van der Waals surface area contributed by atoms with Gasteiger partial charge < -0.3 is 9.73 Å². The largest absolute Gasteiger partial charge is 0.467 e. The number of furan rings is 1. The molecule has 2 unspecified atom stereocenters. The molecule has 0 saturated carbocycles. The Hall–Kier alpha value is -1.29. The summed E-state index contributed by atoms with van der Waals surface area (Å²) in [5.41, 5.74) is 1.11. The molecule has 4 nitrogen and oxygen atoms in total. The van der Waals surface area contributed by atoms with E-state index in [9.17, 15) is 4.79 Å². The standard InChI is InChI=1S/C11H16N2O2/c1-3-8-11(14)12-5-9(13-8)10-4-7(2)6-15-10/h4,6,8-9,13H,3,5H2,1-2H3,(H,12,14). The van der Waals surface area contributed by atoms with Crippen LogP contribution >= 0.6 is 0 Å². The molecular weight excluding hydrogens is 192 g/mol. The van der Waals surface area contributed by atoms with Gasteiger partial charge in [-0.3, -0.25) is 10.1 Å². The quantitative estimate of drug-likeness (QED) is 0.766. The van der Waals surface area contributed by atoms with Crippen LogP contribution < -0.4 is 10.6 Å². The Bertz CT molecular complexity index is 359. The molecule has 4 heteroatoms. The van der Waals surface area contributed by atoms with Crippen LogP contribution in [0.4, 0.5) is 0 Å². The topological polar surface area (TPSA) is 54.3 Å². The second-order valence-electron chi connectivity index (χ2n) is 3.95. The first kappa shape index (κ1) is 10.2. The highest BCUT2D eigenvalue weighted by Gasteiger charge is 2.28. The van der Waals surface area contributed by atoms with Gasteiger partial charge in [-0.05, 0) is 25.0 Å². The second-order valence-corrected chi connectivity index (χ2v) is 3.95. The molecule has 0 radical (unpaired) electrons. The lowest BCUT2D eigenvalue weighted by atomic mass is 10.1. The molecule has 2 heterocycles. The summed E-state index contributed by atoms with van der Waals surface area (Å²) in [5, 5.41) is 6.16. The molecular formula is C11H16N2O2. The number of carbonyl (C=O) groups is 1. The maximum absolute atomic E-state index is 11.4. The predicted molar refractivity (Wildman–Crippen MR) is 56.4 cm³/mol. The molecule has 2 atom stereocenters. The van der Waals surface area contributed by atoms with Crippen molar-refractivity contribution >= 4 is 5.91 Å². The van der Waals surface area contributed by atoms with Crippen molar-refractivity contribution < 1.29 is 9.21 Å². The van der Waals surface area contributed by atoms with Crippen molar-refractivity contribution in [3.63, 3.8) is 0 Å². The van der Waals surface area contributed by atoms with E-state index in [1.807, 2.05) is 19.9 Å². The van der Waals surface area contributed by atoms with E-state index in [2.05, 4.69) is 10.6 Å². The number of nitrogens with one attached hydrogen (secondary N) is 2. The van der Waals surface area contributed by atoms with Gasteiger partial charge in [-0.1, -0.05) is 6.92 Å². The molecule has 1 aliphatic rings. The molecule has 0 aliphatic carbocycles. The van der Waals surface area contributed by atoms with Crippen LogP contribution in [0.15, 0.2) is 16.7 Å². The summed E-state index contributed by atoms with van der Waals surface area (Å²) in [6, 6.07) is 2.00. The molecule has 2 N–H and O–H groups in total. The summed E-state index contributed by atoms with van der Waals surface area (Å²) in [6.45, 7) is 4.58. The molecule has 2 rings (SSSR count).